The molecule has 19 heavy (non-hydrogen) atoms. The molecule has 0 bridgehead atoms. The van der Waals surface area contributed by atoms with E-state index >= 15 is 0 Å². The Labute approximate surface area is 113 Å². The standard InChI is InChI=1S/C12H12N4O2S/c1-8(19-12-13-5-6-16(12)2)11-14-10(15-18-11)9-4-3-7-17-9/h3-8H,1-2H3. The van der Waals surface area contributed by atoms with E-state index in [4.69, 9.17) is 8.94 Å². The van der Waals surface area contributed by atoms with Crippen molar-refractivity contribution in [2.45, 2.75) is 17.3 Å². The first-order valence-corrected chi connectivity index (χ1v) is 6.63. The van der Waals surface area contributed by atoms with E-state index in [0.29, 0.717) is 17.5 Å². The first kappa shape index (κ1) is 12.0. The van der Waals surface area contributed by atoms with Crippen LogP contribution in [0, 0.1) is 0 Å². The second kappa shape index (κ2) is 4.93. The zero-order chi connectivity index (χ0) is 13.2. The summed E-state index contributed by atoms with van der Waals surface area (Å²) in [6, 6.07) is 3.59. The van der Waals surface area contributed by atoms with Gasteiger partial charge in [-0.15, -0.1) is 0 Å². The van der Waals surface area contributed by atoms with Crippen LogP contribution in [0.3, 0.4) is 0 Å². The zero-order valence-electron chi connectivity index (χ0n) is 10.5. The summed E-state index contributed by atoms with van der Waals surface area (Å²) in [5.41, 5.74) is 0. The maximum Gasteiger partial charge on any atom is 0.240 e. The fourth-order valence-electron chi connectivity index (χ4n) is 1.58. The van der Waals surface area contributed by atoms with E-state index in [-0.39, 0.29) is 5.25 Å². The molecule has 0 spiro atoms. The number of hydrogen-bond acceptors (Lipinski definition) is 6. The Bertz CT molecular complexity index is 659. The molecule has 1 unspecified atom stereocenters. The predicted molar refractivity (Wildman–Crippen MR) is 69.5 cm³/mol. The summed E-state index contributed by atoms with van der Waals surface area (Å²) in [6.45, 7) is 2.00. The lowest BCUT2D eigenvalue weighted by Gasteiger charge is -2.05. The molecule has 6 nitrogen and oxygen atoms in total. The monoisotopic (exact) mass is 276 g/mol. The Hall–Kier alpha value is -2.02. The van der Waals surface area contributed by atoms with Crippen molar-refractivity contribution >= 4 is 11.8 Å². The molecule has 0 aliphatic heterocycles. The Morgan fingerprint density at radius 3 is 3.00 bits per heavy atom. The highest BCUT2D eigenvalue weighted by Gasteiger charge is 2.19. The largest absolute Gasteiger partial charge is 0.461 e. The summed E-state index contributed by atoms with van der Waals surface area (Å²) in [6.07, 6.45) is 5.24. The van der Waals surface area contributed by atoms with Crippen LogP contribution in [0.1, 0.15) is 18.1 Å². The summed E-state index contributed by atoms with van der Waals surface area (Å²) in [4.78, 5) is 8.59. The highest BCUT2D eigenvalue weighted by atomic mass is 32.2. The molecule has 0 radical (unpaired) electrons. The molecule has 7 heteroatoms. The molecule has 0 saturated carbocycles. The maximum absolute atomic E-state index is 5.26. The Kier molecular flexibility index (Phi) is 3.12. The van der Waals surface area contributed by atoms with Crippen molar-refractivity contribution in [1.29, 1.82) is 0 Å². The number of hydrogen-bond donors (Lipinski definition) is 0. The molecule has 0 fully saturated rings. The van der Waals surface area contributed by atoms with E-state index in [1.165, 1.54) is 0 Å². The lowest BCUT2D eigenvalue weighted by atomic mass is 10.4. The molecular formula is C12H12N4O2S. The molecule has 0 aliphatic rings. The number of imidazole rings is 1. The van der Waals surface area contributed by atoms with Crippen molar-refractivity contribution in [2.24, 2.45) is 7.05 Å². The number of aryl methyl sites for hydroxylation is 1. The number of furan rings is 1. The van der Waals surface area contributed by atoms with Gasteiger partial charge in [0.25, 0.3) is 0 Å². The second-order valence-corrected chi connectivity index (χ2v) is 5.32. The Balaban J connectivity index is 1.77. The molecule has 0 aliphatic carbocycles. The van der Waals surface area contributed by atoms with Gasteiger partial charge in [-0.1, -0.05) is 16.9 Å². The summed E-state index contributed by atoms with van der Waals surface area (Å²) in [7, 11) is 1.95. The van der Waals surface area contributed by atoms with Crippen LogP contribution in [0.15, 0.2) is 44.9 Å². The normalized spacial score (nSPS) is 12.7. The summed E-state index contributed by atoms with van der Waals surface area (Å²) in [5, 5.41) is 4.84. The van der Waals surface area contributed by atoms with Gasteiger partial charge in [-0.3, -0.25) is 0 Å². The third-order valence-electron chi connectivity index (χ3n) is 2.59. The topological polar surface area (TPSA) is 69.9 Å². The lowest BCUT2D eigenvalue weighted by Crippen LogP contribution is -1.94. The average molecular weight is 276 g/mol. The van der Waals surface area contributed by atoms with Crippen molar-refractivity contribution in [3.05, 3.63) is 36.7 Å². The van der Waals surface area contributed by atoms with E-state index in [1.807, 2.05) is 24.7 Å². The Morgan fingerprint density at radius 1 is 1.42 bits per heavy atom. The fourth-order valence-corrected chi connectivity index (χ4v) is 2.44. The number of thioether (sulfide) groups is 1. The van der Waals surface area contributed by atoms with Crippen LogP contribution >= 0.6 is 11.8 Å². The van der Waals surface area contributed by atoms with Gasteiger partial charge in [-0.05, 0) is 19.1 Å². The molecule has 0 aromatic carbocycles. The van der Waals surface area contributed by atoms with Crippen molar-refractivity contribution in [3.63, 3.8) is 0 Å². The quantitative estimate of drug-likeness (QED) is 0.682. The first-order valence-electron chi connectivity index (χ1n) is 5.75. The van der Waals surface area contributed by atoms with E-state index < -0.39 is 0 Å². The Morgan fingerprint density at radius 2 is 2.32 bits per heavy atom. The van der Waals surface area contributed by atoms with Gasteiger partial charge >= 0.3 is 0 Å². The lowest BCUT2D eigenvalue weighted by molar-refractivity contribution is 0.379. The highest BCUT2D eigenvalue weighted by Crippen LogP contribution is 2.33. The van der Waals surface area contributed by atoms with Gasteiger partial charge in [-0.25, -0.2) is 4.98 Å². The molecule has 3 aromatic rings. The van der Waals surface area contributed by atoms with Gasteiger partial charge in [0.2, 0.25) is 11.7 Å². The van der Waals surface area contributed by atoms with Gasteiger partial charge in [0.15, 0.2) is 10.9 Å². The van der Waals surface area contributed by atoms with Crippen LogP contribution in [0.2, 0.25) is 0 Å². The molecular weight excluding hydrogens is 264 g/mol. The average Bonchev–Trinajstić information content (AvgIpc) is 3.09. The summed E-state index contributed by atoms with van der Waals surface area (Å²) < 4.78 is 12.4. The molecule has 3 heterocycles. The highest BCUT2D eigenvalue weighted by molar-refractivity contribution is 7.99. The zero-order valence-corrected chi connectivity index (χ0v) is 11.3. The minimum Gasteiger partial charge on any atom is -0.461 e. The fraction of sp³-hybridized carbons (Fsp3) is 0.250. The maximum atomic E-state index is 5.26. The van der Waals surface area contributed by atoms with Crippen LogP contribution in [0.25, 0.3) is 11.6 Å². The van der Waals surface area contributed by atoms with Crippen molar-refractivity contribution in [1.82, 2.24) is 19.7 Å². The van der Waals surface area contributed by atoms with Crippen molar-refractivity contribution in [2.75, 3.05) is 0 Å². The van der Waals surface area contributed by atoms with Gasteiger partial charge in [0.05, 0.1) is 11.5 Å². The summed E-state index contributed by atoms with van der Waals surface area (Å²) >= 11 is 1.57. The number of rotatable bonds is 4. The van der Waals surface area contributed by atoms with Gasteiger partial charge in [-0.2, -0.15) is 4.98 Å². The smallest absolute Gasteiger partial charge is 0.240 e. The number of aromatic nitrogens is 4. The van der Waals surface area contributed by atoms with Crippen LogP contribution in [0.4, 0.5) is 0 Å². The molecule has 0 amide bonds. The third kappa shape index (κ3) is 2.41. The van der Waals surface area contributed by atoms with Crippen molar-refractivity contribution in [3.8, 4) is 11.6 Å². The molecule has 0 N–H and O–H groups in total. The summed E-state index contributed by atoms with van der Waals surface area (Å²) in [5.74, 6) is 1.62. The van der Waals surface area contributed by atoms with Crippen LogP contribution in [0.5, 0.6) is 0 Å². The minimum atomic E-state index is 0.0253. The predicted octanol–water partition coefficient (Wildman–Crippen LogP) is 2.92. The molecule has 98 valence electrons. The van der Waals surface area contributed by atoms with Gasteiger partial charge in [0, 0.05) is 19.4 Å². The van der Waals surface area contributed by atoms with Gasteiger partial charge in [0.1, 0.15) is 0 Å². The van der Waals surface area contributed by atoms with Crippen LogP contribution in [-0.4, -0.2) is 19.7 Å². The van der Waals surface area contributed by atoms with E-state index in [9.17, 15) is 0 Å². The second-order valence-electron chi connectivity index (χ2n) is 4.01. The van der Waals surface area contributed by atoms with E-state index in [2.05, 4.69) is 15.1 Å². The minimum absolute atomic E-state index is 0.0253. The van der Waals surface area contributed by atoms with Crippen LogP contribution < -0.4 is 0 Å². The van der Waals surface area contributed by atoms with Crippen LogP contribution in [-0.2, 0) is 7.05 Å². The van der Waals surface area contributed by atoms with E-state index in [1.54, 1.807) is 36.4 Å². The molecule has 3 rings (SSSR count). The van der Waals surface area contributed by atoms with E-state index in [0.717, 1.165) is 5.16 Å². The molecule has 0 saturated heterocycles. The van der Waals surface area contributed by atoms with Gasteiger partial charge < -0.3 is 13.5 Å². The SMILES string of the molecule is CC(Sc1nccn1C)c1nc(-c2ccco2)no1. The van der Waals surface area contributed by atoms with Crippen molar-refractivity contribution < 1.29 is 8.94 Å². The number of nitrogens with zero attached hydrogens (tertiary/aromatic N) is 4. The first-order chi connectivity index (χ1) is 9.24. The third-order valence-corrected chi connectivity index (χ3v) is 3.75. The molecule has 3 aromatic heterocycles. The molecule has 1 atom stereocenters.